The largest absolute Gasteiger partial charge is 0.370 e. The van der Waals surface area contributed by atoms with Crippen molar-refractivity contribution in [2.24, 2.45) is 0 Å². The standard InChI is InChI=1S/C21H26N4O2S2/c1-15(2)25-21-7-5-19(13-17(21)14-22-25)29(26,27)23-20-6-4-18(12-16(20)3)24-8-10-28-11-9-24/h4-7,12-15,23H,8-11H2,1-3H3. The fourth-order valence-corrected chi connectivity index (χ4v) is 5.66. The summed E-state index contributed by atoms with van der Waals surface area (Å²) in [6.07, 6.45) is 1.71. The molecule has 0 radical (unpaired) electrons. The van der Waals surface area contributed by atoms with E-state index in [1.807, 2.05) is 55.4 Å². The van der Waals surface area contributed by atoms with Gasteiger partial charge in [0.2, 0.25) is 0 Å². The Morgan fingerprint density at radius 3 is 2.55 bits per heavy atom. The Bertz CT molecular complexity index is 1130. The first kappa shape index (κ1) is 20.1. The second-order valence-electron chi connectivity index (χ2n) is 7.61. The van der Waals surface area contributed by atoms with Crippen LogP contribution in [0, 0.1) is 6.92 Å². The SMILES string of the molecule is Cc1cc(N2CCSCC2)ccc1NS(=O)(=O)c1ccc2c(cnn2C(C)C)c1. The van der Waals surface area contributed by atoms with Crippen molar-refractivity contribution in [2.45, 2.75) is 31.7 Å². The molecule has 0 unspecified atom stereocenters. The molecule has 0 atom stereocenters. The Balaban J connectivity index is 1.59. The molecule has 6 nitrogen and oxygen atoms in total. The van der Waals surface area contributed by atoms with Crippen LogP contribution >= 0.6 is 11.8 Å². The third kappa shape index (κ3) is 4.09. The summed E-state index contributed by atoms with van der Waals surface area (Å²) in [4.78, 5) is 2.59. The molecule has 4 rings (SSSR count). The van der Waals surface area contributed by atoms with Crippen molar-refractivity contribution in [1.29, 1.82) is 0 Å². The van der Waals surface area contributed by atoms with Crippen molar-refractivity contribution in [1.82, 2.24) is 9.78 Å². The van der Waals surface area contributed by atoms with Gasteiger partial charge in [0.1, 0.15) is 0 Å². The number of aryl methyl sites for hydroxylation is 1. The number of thioether (sulfide) groups is 1. The molecule has 1 aliphatic rings. The molecular formula is C21H26N4O2S2. The number of sulfonamides is 1. The van der Waals surface area contributed by atoms with Crippen LogP contribution in [0.4, 0.5) is 11.4 Å². The number of aromatic nitrogens is 2. The third-order valence-electron chi connectivity index (χ3n) is 5.20. The quantitative estimate of drug-likeness (QED) is 0.654. The van der Waals surface area contributed by atoms with E-state index in [2.05, 4.69) is 20.8 Å². The zero-order valence-corrected chi connectivity index (χ0v) is 18.6. The van der Waals surface area contributed by atoms with Crippen LogP contribution in [0.15, 0.2) is 47.5 Å². The summed E-state index contributed by atoms with van der Waals surface area (Å²) in [5, 5.41) is 5.18. The highest BCUT2D eigenvalue weighted by Crippen LogP contribution is 2.28. The molecule has 1 N–H and O–H groups in total. The van der Waals surface area contributed by atoms with E-state index in [1.54, 1.807) is 18.3 Å². The minimum absolute atomic E-state index is 0.216. The van der Waals surface area contributed by atoms with Gasteiger partial charge in [-0.25, -0.2) is 8.42 Å². The van der Waals surface area contributed by atoms with Crippen LogP contribution in [0.5, 0.6) is 0 Å². The summed E-state index contributed by atoms with van der Waals surface area (Å²) >= 11 is 1.97. The van der Waals surface area contributed by atoms with Crippen molar-refractivity contribution >= 4 is 44.1 Å². The van der Waals surface area contributed by atoms with E-state index in [1.165, 1.54) is 0 Å². The van der Waals surface area contributed by atoms with Gasteiger partial charge in [-0.15, -0.1) is 0 Å². The topological polar surface area (TPSA) is 67.2 Å². The van der Waals surface area contributed by atoms with Crippen LogP contribution in [0.2, 0.25) is 0 Å². The van der Waals surface area contributed by atoms with Gasteiger partial charge in [0.05, 0.1) is 22.3 Å². The van der Waals surface area contributed by atoms with Crippen LogP contribution in [0.1, 0.15) is 25.5 Å². The zero-order chi connectivity index (χ0) is 20.6. The van der Waals surface area contributed by atoms with Gasteiger partial charge >= 0.3 is 0 Å². The number of hydrogen-bond acceptors (Lipinski definition) is 5. The number of nitrogens with zero attached hydrogens (tertiary/aromatic N) is 3. The Morgan fingerprint density at radius 2 is 1.86 bits per heavy atom. The molecule has 0 saturated carbocycles. The molecule has 3 aromatic rings. The Labute approximate surface area is 176 Å². The molecule has 1 aliphatic heterocycles. The summed E-state index contributed by atoms with van der Waals surface area (Å²) in [5.74, 6) is 2.26. The van der Waals surface area contributed by atoms with E-state index >= 15 is 0 Å². The van der Waals surface area contributed by atoms with E-state index < -0.39 is 10.0 Å². The highest BCUT2D eigenvalue weighted by Gasteiger charge is 2.18. The fourth-order valence-electron chi connectivity index (χ4n) is 3.59. The van der Waals surface area contributed by atoms with Crippen LogP contribution in [-0.4, -0.2) is 42.8 Å². The number of anilines is 2. The van der Waals surface area contributed by atoms with Crippen molar-refractivity contribution in [2.75, 3.05) is 34.2 Å². The van der Waals surface area contributed by atoms with Crippen molar-refractivity contribution in [3.8, 4) is 0 Å². The van der Waals surface area contributed by atoms with Gasteiger partial charge in [-0.2, -0.15) is 16.9 Å². The molecule has 0 aliphatic carbocycles. The zero-order valence-electron chi connectivity index (χ0n) is 16.9. The highest BCUT2D eigenvalue weighted by molar-refractivity contribution is 7.99. The van der Waals surface area contributed by atoms with E-state index in [9.17, 15) is 8.42 Å². The highest BCUT2D eigenvalue weighted by atomic mass is 32.2. The lowest BCUT2D eigenvalue weighted by molar-refractivity contribution is 0.551. The predicted molar refractivity (Wildman–Crippen MR) is 122 cm³/mol. The molecule has 2 aromatic carbocycles. The van der Waals surface area contributed by atoms with Gasteiger partial charge in [-0.05, 0) is 62.7 Å². The van der Waals surface area contributed by atoms with Gasteiger partial charge in [0, 0.05) is 41.7 Å². The second kappa shape index (κ2) is 7.91. The van der Waals surface area contributed by atoms with Crippen LogP contribution in [0.25, 0.3) is 10.9 Å². The van der Waals surface area contributed by atoms with Gasteiger partial charge in [-0.3, -0.25) is 9.40 Å². The summed E-state index contributed by atoms with van der Waals surface area (Å²) in [6, 6.07) is 11.3. The number of benzene rings is 2. The summed E-state index contributed by atoms with van der Waals surface area (Å²) in [7, 11) is -3.68. The summed E-state index contributed by atoms with van der Waals surface area (Å²) < 4.78 is 30.6. The number of nitrogens with one attached hydrogen (secondary N) is 1. The third-order valence-corrected chi connectivity index (χ3v) is 7.50. The normalized spacial score (nSPS) is 15.2. The fraction of sp³-hybridized carbons (Fsp3) is 0.381. The van der Waals surface area contributed by atoms with Crippen molar-refractivity contribution < 1.29 is 8.42 Å². The Hall–Kier alpha value is -2.19. The molecule has 0 spiro atoms. The number of hydrogen-bond donors (Lipinski definition) is 1. The molecule has 2 heterocycles. The van der Waals surface area contributed by atoms with E-state index in [0.29, 0.717) is 5.69 Å². The molecule has 0 amide bonds. The Morgan fingerprint density at radius 1 is 1.10 bits per heavy atom. The van der Waals surface area contributed by atoms with Crippen LogP contribution in [-0.2, 0) is 10.0 Å². The van der Waals surface area contributed by atoms with Gasteiger partial charge in [0.15, 0.2) is 0 Å². The van der Waals surface area contributed by atoms with E-state index in [-0.39, 0.29) is 10.9 Å². The smallest absolute Gasteiger partial charge is 0.261 e. The van der Waals surface area contributed by atoms with Crippen LogP contribution in [0.3, 0.4) is 0 Å². The monoisotopic (exact) mass is 430 g/mol. The van der Waals surface area contributed by atoms with Gasteiger partial charge in [0.25, 0.3) is 10.0 Å². The van der Waals surface area contributed by atoms with E-state index in [4.69, 9.17) is 0 Å². The molecule has 0 bridgehead atoms. The predicted octanol–water partition coefficient (Wildman–Crippen LogP) is 4.28. The van der Waals surface area contributed by atoms with Gasteiger partial charge in [-0.1, -0.05) is 0 Å². The first-order valence-electron chi connectivity index (χ1n) is 9.78. The van der Waals surface area contributed by atoms with Gasteiger partial charge < -0.3 is 4.90 Å². The number of rotatable bonds is 5. The molecule has 29 heavy (non-hydrogen) atoms. The molecule has 154 valence electrons. The maximum atomic E-state index is 13.0. The maximum absolute atomic E-state index is 13.0. The first-order valence-corrected chi connectivity index (χ1v) is 12.4. The molecular weight excluding hydrogens is 404 g/mol. The summed E-state index contributed by atoms with van der Waals surface area (Å²) in [6.45, 7) is 8.09. The van der Waals surface area contributed by atoms with E-state index in [0.717, 1.165) is 46.7 Å². The lowest BCUT2D eigenvalue weighted by atomic mass is 10.1. The average Bonchev–Trinajstić information content (AvgIpc) is 3.14. The first-order chi connectivity index (χ1) is 13.8. The number of fused-ring (bicyclic) bond motifs is 1. The second-order valence-corrected chi connectivity index (χ2v) is 10.5. The lowest BCUT2D eigenvalue weighted by Gasteiger charge is -2.29. The van der Waals surface area contributed by atoms with Crippen LogP contribution < -0.4 is 9.62 Å². The van der Waals surface area contributed by atoms with Crippen molar-refractivity contribution in [3.05, 3.63) is 48.2 Å². The minimum Gasteiger partial charge on any atom is -0.370 e. The molecule has 8 heteroatoms. The maximum Gasteiger partial charge on any atom is 0.261 e. The molecule has 1 aromatic heterocycles. The summed E-state index contributed by atoms with van der Waals surface area (Å²) in [5.41, 5.74) is 3.60. The molecule has 1 fully saturated rings. The average molecular weight is 431 g/mol. The minimum atomic E-state index is -3.68. The Kier molecular flexibility index (Phi) is 5.48. The lowest BCUT2D eigenvalue weighted by Crippen LogP contribution is -2.32. The molecule has 1 saturated heterocycles. The van der Waals surface area contributed by atoms with Crippen molar-refractivity contribution in [3.63, 3.8) is 0 Å².